The molecule has 0 rings (SSSR count). The average Bonchev–Trinajstić information content (AvgIpc) is 2.22. The van der Waals surface area contributed by atoms with Crippen molar-refractivity contribution in [2.75, 3.05) is 13.6 Å². The van der Waals surface area contributed by atoms with Crippen LogP contribution in [0.1, 0.15) is 20.8 Å². The van der Waals surface area contributed by atoms with Crippen LogP contribution in [0.3, 0.4) is 0 Å². The van der Waals surface area contributed by atoms with Crippen molar-refractivity contribution in [1.82, 2.24) is 10.6 Å². The molecule has 0 heterocycles. The number of nitrogens with two attached hydrogens (primary N) is 1. The van der Waals surface area contributed by atoms with E-state index < -0.39 is 28.9 Å². The predicted molar refractivity (Wildman–Crippen MR) is 59.5 cm³/mol. The van der Waals surface area contributed by atoms with Gasteiger partial charge in [-0.15, -0.1) is 0 Å². The van der Waals surface area contributed by atoms with E-state index in [-0.39, 0.29) is 6.54 Å². The van der Waals surface area contributed by atoms with Crippen molar-refractivity contribution in [2.45, 2.75) is 32.5 Å². The van der Waals surface area contributed by atoms with Gasteiger partial charge >= 0.3 is 6.18 Å². The zero-order chi connectivity index (χ0) is 14.8. The smallest absolute Gasteiger partial charge is 0.359 e. The first-order chi connectivity index (χ1) is 7.86. The highest BCUT2D eigenvalue weighted by molar-refractivity contribution is 5.88. The van der Waals surface area contributed by atoms with E-state index in [4.69, 9.17) is 5.73 Å². The first-order valence-corrected chi connectivity index (χ1v) is 5.22. The largest absolute Gasteiger partial charge is 0.415 e. The number of halogens is 3. The number of hydrogen-bond donors (Lipinski definition) is 3. The Hall–Kier alpha value is -1.31. The molecule has 18 heavy (non-hydrogen) atoms. The Morgan fingerprint density at radius 2 is 1.56 bits per heavy atom. The monoisotopic (exact) mass is 269 g/mol. The van der Waals surface area contributed by atoms with Crippen LogP contribution in [0.15, 0.2) is 0 Å². The van der Waals surface area contributed by atoms with E-state index >= 15 is 0 Å². The van der Waals surface area contributed by atoms with E-state index in [1.807, 2.05) is 5.32 Å². The molecule has 0 aliphatic rings. The van der Waals surface area contributed by atoms with Crippen LogP contribution in [0.5, 0.6) is 0 Å². The van der Waals surface area contributed by atoms with Crippen LogP contribution in [0, 0.1) is 5.41 Å². The summed E-state index contributed by atoms with van der Waals surface area (Å²) in [5, 5.41) is 4.39. The lowest BCUT2D eigenvalue weighted by Gasteiger charge is -2.29. The fourth-order valence-corrected chi connectivity index (χ4v) is 1.03. The molecule has 2 amide bonds. The summed E-state index contributed by atoms with van der Waals surface area (Å²) in [5.74, 6) is -1.76. The Morgan fingerprint density at radius 1 is 1.11 bits per heavy atom. The molecule has 4 N–H and O–H groups in total. The Bertz CT molecular complexity index is 338. The van der Waals surface area contributed by atoms with Gasteiger partial charge in [-0.05, 0) is 20.8 Å². The normalized spacial score (nSPS) is 15.8. The third-order valence-electron chi connectivity index (χ3n) is 2.59. The molecule has 0 bridgehead atoms. The van der Waals surface area contributed by atoms with Gasteiger partial charge in [-0.3, -0.25) is 9.59 Å². The highest BCUT2D eigenvalue weighted by atomic mass is 19.4. The summed E-state index contributed by atoms with van der Waals surface area (Å²) in [5.41, 5.74) is 0.936. The van der Waals surface area contributed by atoms with Crippen molar-refractivity contribution in [3.63, 3.8) is 0 Å². The van der Waals surface area contributed by atoms with Gasteiger partial charge in [0, 0.05) is 13.6 Å². The molecule has 0 radical (unpaired) electrons. The summed E-state index contributed by atoms with van der Waals surface area (Å²) in [6.07, 6.45) is -4.85. The summed E-state index contributed by atoms with van der Waals surface area (Å²) in [6.45, 7) is 3.32. The quantitative estimate of drug-likeness (QED) is 0.679. The number of carbonyl (C=O) groups excluding carboxylic acids is 2. The number of nitrogens with one attached hydrogen (secondary N) is 2. The van der Waals surface area contributed by atoms with Crippen LogP contribution in [0.2, 0.25) is 0 Å². The molecule has 106 valence electrons. The number of hydrogen-bond acceptors (Lipinski definition) is 3. The second-order valence-electron chi connectivity index (χ2n) is 4.85. The minimum absolute atomic E-state index is 0.242. The molecule has 1 atom stereocenters. The maximum absolute atomic E-state index is 12.5. The molecule has 0 aromatic carbocycles. The third-order valence-corrected chi connectivity index (χ3v) is 2.59. The van der Waals surface area contributed by atoms with E-state index in [1.165, 1.54) is 20.9 Å². The average molecular weight is 269 g/mol. The molecular formula is C10H18F3N3O2. The van der Waals surface area contributed by atoms with E-state index in [2.05, 4.69) is 5.32 Å². The van der Waals surface area contributed by atoms with E-state index in [0.29, 0.717) is 6.92 Å². The summed E-state index contributed by atoms with van der Waals surface area (Å²) >= 11 is 0. The van der Waals surface area contributed by atoms with Crippen molar-refractivity contribution in [3.05, 3.63) is 0 Å². The fraction of sp³-hybridized carbons (Fsp3) is 0.800. The van der Waals surface area contributed by atoms with Gasteiger partial charge in [-0.2, -0.15) is 13.2 Å². The molecule has 0 aliphatic heterocycles. The second-order valence-corrected chi connectivity index (χ2v) is 4.85. The Balaban J connectivity index is 4.67. The molecule has 0 saturated heterocycles. The van der Waals surface area contributed by atoms with Crippen LogP contribution >= 0.6 is 0 Å². The Kier molecular flexibility index (Phi) is 4.76. The molecule has 0 fully saturated rings. The van der Waals surface area contributed by atoms with Crippen molar-refractivity contribution < 1.29 is 22.8 Å². The number of alkyl halides is 3. The van der Waals surface area contributed by atoms with Crippen LogP contribution < -0.4 is 16.4 Å². The van der Waals surface area contributed by atoms with Gasteiger partial charge in [-0.25, -0.2) is 0 Å². The SMILES string of the molecule is CNC(=O)C(C)(C)CNC(=O)C(C)(N)C(F)(F)F. The van der Waals surface area contributed by atoms with Gasteiger partial charge in [-0.1, -0.05) is 0 Å². The topological polar surface area (TPSA) is 84.2 Å². The number of rotatable bonds is 4. The molecule has 1 unspecified atom stereocenters. The van der Waals surface area contributed by atoms with Crippen molar-refractivity contribution >= 4 is 11.8 Å². The van der Waals surface area contributed by atoms with Crippen LogP contribution in [-0.4, -0.2) is 37.1 Å². The zero-order valence-corrected chi connectivity index (χ0v) is 10.7. The minimum Gasteiger partial charge on any atom is -0.359 e. The van der Waals surface area contributed by atoms with Gasteiger partial charge in [0.1, 0.15) is 0 Å². The molecule has 8 heteroatoms. The van der Waals surface area contributed by atoms with E-state index in [1.54, 1.807) is 0 Å². The van der Waals surface area contributed by atoms with Gasteiger partial charge in [0.2, 0.25) is 11.8 Å². The maximum Gasteiger partial charge on any atom is 0.415 e. The molecule has 0 aliphatic carbocycles. The first kappa shape index (κ1) is 16.7. The number of amides is 2. The summed E-state index contributed by atoms with van der Waals surface area (Å²) < 4.78 is 37.4. The van der Waals surface area contributed by atoms with Gasteiger partial charge in [0.15, 0.2) is 5.54 Å². The summed E-state index contributed by atoms with van der Waals surface area (Å²) in [7, 11) is 1.40. The standard InChI is InChI=1S/C10H18F3N3O2/c1-8(2,6(17)15-4)5-16-7(18)9(3,14)10(11,12)13/h5,14H2,1-4H3,(H,15,17)(H,16,18). The summed E-state index contributed by atoms with van der Waals surface area (Å²) in [4.78, 5) is 22.8. The van der Waals surface area contributed by atoms with Crippen LogP contribution in [0.25, 0.3) is 0 Å². The molecule has 0 aromatic heterocycles. The van der Waals surface area contributed by atoms with Crippen molar-refractivity contribution in [3.8, 4) is 0 Å². The van der Waals surface area contributed by atoms with Crippen LogP contribution in [0.4, 0.5) is 13.2 Å². The highest BCUT2D eigenvalue weighted by Gasteiger charge is 2.54. The minimum atomic E-state index is -4.85. The molecule has 5 nitrogen and oxygen atoms in total. The van der Waals surface area contributed by atoms with Crippen molar-refractivity contribution in [1.29, 1.82) is 0 Å². The maximum atomic E-state index is 12.5. The Morgan fingerprint density at radius 3 is 1.89 bits per heavy atom. The number of carbonyl (C=O) groups is 2. The summed E-state index contributed by atoms with van der Waals surface area (Å²) in [6, 6.07) is 0. The lowest BCUT2D eigenvalue weighted by molar-refractivity contribution is -0.187. The third kappa shape index (κ3) is 3.59. The zero-order valence-electron chi connectivity index (χ0n) is 10.7. The molecule has 0 aromatic rings. The molecule has 0 spiro atoms. The van der Waals surface area contributed by atoms with Gasteiger partial charge < -0.3 is 16.4 Å². The van der Waals surface area contributed by atoms with Crippen molar-refractivity contribution in [2.24, 2.45) is 11.1 Å². The Labute approximate surface area is 103 Å². The highest BCUT2D eigenvalue weighted by Crippen LogP contribution is 2.28. The van der Waals surface area contributed by atoms with Gasteiger partial charge in [0.05, 0.1) is 5.41 Å². The molecule has 0 saturated carbocycles. The molecular weight excluding hydrogens is 251 g/mol. The van der Waals surface area contributed by atoms with E-state index in [9.17, 15) is 22.8 Å². The predicted octanol–water partition coefficient (Wildman–Crippen LogP) is 0.154. The lowest BCUT2D eigenvalue weighted by atomic mass is 9.91. The van der Waals surface area contributed by atoms with Crippen LogP contribution in [-0.2, 0) is 9.59 Å². The fourth-order valence-electron chi connectivity index (χ4n) is 1.03. The van der Waals surface area contributed by atoms with E-state index in [0.717, 1.165) is 0 Å². The second kappa shape index (κ2) is 5.13. The lowest BCUT2D eigenvalue weighted by Crippen LogP contribution is -2.62. The first-order valence-electron chi connectivity index (χ1n) is 5.22. The van der Waals surface area contributed by atoms with Gasteiger partial charge in [0.25, 0.3) is 0 Å².